The molecule has 0 N–H and O–H groups in total. The minimum atomic E-state index is -0.804. The quantitative estimate of drug-likeness (QED) is 0.304. The maximum absolute atomic E-state index is 14.9. The zero-order valence-electron chi connectivity index (χ0n) is 20.5. The first-order chi connectivity index (χ1) is 17.0. The van der Waals surface area contributed by atoms with Gasteiger partial charge in [0.15, 0.2) is 11.6 Å². The van der Waals surface area contributed by atoms with E-state index in [1.54, 1.807) is 36.4 Å². The first-order valence-corrected chi connectivity index (χ1v) is 12.6. The van der Waals surface area contributed by atoms with Crippen molar-refractivity contribution in [3.8, 4) is 22.6 Å². The third kappa shape index (κ3) is 6.01. The lowest BCUT2D eigenvalue weighted by Gasteiger charge is -2.29. The van der Waals surface area contributed by atoms with Gasteiger partial charge in [0.2, 0.25) is 0 Å². The number of benzene rings is 3. The van der Waals surface area contributed by atoms with Gasteiger partial charge in [-0.15, -0.1) is 0 Å². The van der Waals surface area contributed by atoms with Crippen LogP contribution >= 0.6 is 0 Å². The maximum atomic E-state index is 14.9. The summed E-state index contributed by atoms with van der Waals surface area (Å²) in [5.74, 6) is 0.126. The van der Waals surface area contributed by atoms with Gasteiger partial charge in [0.25, 0.3) is 0 Å². The van der Waals surface area contributed by atoms with Crippen LogP contribution in [0.3, 0.4) is 0 Å². The Morgan fingerprint density at radius 1 is 0.743 bits per heavy atom. The summed E-state index contributed by atoms with van der Waals surface area (Å²) in [5.41, 5.74) is 2.05. The van der Waals surface area contributed by atoms with E-state index in [2.05, 4.69) is 0 Å². The molecule has 35 heavy (non-hydrogen) atoms. The van der Waals surface area contributed by atoms with Gasteiger partial charge in [0.1, 0.15) is 17.3 Å². The molecule has 0 spiro atoms. The molecule has 3 aromatic carbocycles. The second kappa shape index (κ2) is 11.7. The zero-order valence-corrected chi connectivity index (χ0v) is 20.5. The molecule has 0 unspecified atom stereocenters. The highest BCUT2D eigenvalue weighted by Gasteiger charge is 2.25. The average Bonchev–Trinajstić information content (AvgIpc) is 2.87. The number of aryl methyl sites for hydroxylation is 1. The minimum Gasteiger partial charge on any atom is -0.494 e. The number of hydrogen-bond donors (Lipinski definition) is 0. The lowest BCUT2D eigenvalue weighted by Crippen LogP contribution is -2.15. The van der Waals surface area contributed by atoms with Gasteiger partial charge in [-0.3, -0.25) is 0 Å². The SMILES string of the molecule is CCOc1ccc(-c2ccc(CCC3CCC(c4ccc(OCC)cc4F)CC3)c(F)c2F)cc1. The van der Waals surface area contributed by atoms with Gasteiger partial charge in [-0.05, 0) is 99.1 Å². The monoisotopic (exact) mass is 482 g/mol. The van der Waals surface area contributed by atoms with Crippen molar-refractivity contribution in [1.29, 1.82) is 0 Å². The molecule has 0 aromatic heterocycles. The summed E-state index contributed by atoms with van der Waals surface area (Å²) in [6.07, 6.45) is 5.04. The van der Waals surface area contributed by atoms with E-state index in [1.807, 2.05) is 26.0 Å². The number of hydrogen-bond acceptors (Lipinski definition) is 2. The molecule has 1 aliphatic rings. The van der Waals surface area contributed by atoms with Gasteiger partial charge in [-0.25, -0.2) is 13.2 Å². The first kappa shape index (κ1) is 25.2. The van der Waals surface area contributed by atoms with Crippen molar-refractivity contribution < 1.29 is 22.6 Å². The Morgan fingerprint density at radius 2 is 1.40 bits per heavy atom. The standard InChI is InChI=1S/C30H33F3O2/c1-3-34-24-14-11-22(12-15-24)27-17-13-23(29(32)30(27)33)10-7-20-5-8-21(9-6-20)26-18-16-25(35-4-2)19-28(26)31/h11-21H,3-10H2,1-2H3. The Balaban J connectivity index is 1.34. The molecule has 3 aromatic rings. The second-order valence-corrected chi connectivity index (χ2v) is 9.23. The predicted molar refractivity (Wildman–Crippen MR) is 134 cm³/mol. The van der Waals surface area contributed by atoms with Crippen molar-refractivity contribution in [3.63, 3.8) is 0 Å². The maximum Gasteiger partial charge on any atom is 0.166 e. The molecule has 186 valence electrons. The Labute approximate surface area is 206 Å². The van der Waals surface area contributed by atoms with Gasteiger partial charge >= 0.3 is 0 Å². The fourth-order valence-electron chi connectivity index (χ4n) is 5.12. The topological polar surface area (TPSA) is 18.5 Å². The van der Waals surface area contributed by atoms with Gasteiger partial charge in [-0.2, -0.15) is 0 Å². The molecular weight excluding hydrogens is 449 g/mol. The molecule has 1 aliphatic carbocycles. The van der Waals surface area contributed by atoms with Crippen LogP contribution in [-0.4, -0.2) is 13.2 Å². The molecule has 0 saturated heterocycles. The summed E-state index contributed by atoms with van der Waals surface area (Å²) >= 11 is 0. The molecule has 0 heterocycles. The van der Waals surface area contributed by atoms with Crippen molar-refractivity contribution >= 4 is 0 Å². The fraction of sp³-hybridized carbons (Fsp3) is 0.400. The van der Waals surface area contributed by atoms with Crippen LogP contribution in [0.15, 0.2) is 54.6 Å². The molecule has 2 nitrogen and oxygen atoms in total. The van der Waals surface area contributed by atoms with Crippen molar-refractivity contribution in [1.82, 2.24) is 0 Å². The van der Waals surface area contributed by atoms with E-state index in [4.69, 9.17) is 9.47 Å². The first-order valence-electron chi connectivity index (χ1n) is 12.6. The predicted octanol–water partition coefficient (Wildman–Crippen LogP) is 8.47. The van der Waals surface area contributed by atoms with E-state index in [0.29, 0.717) is 48.2 Å². The largest absolute Gasteiger partial charge is 0.494 e. The molecule has 0 amide bonds. The average molecular weight is 483 g/mol. The summed E-state index contributed by atoms with van der Waals surface area (Å²) in [6.45, 7) is 4.84. The summed E-state index contributed by atoms with van der Waals surface area (Å²) in [4.78, 5) is 0. The van der Waals surface area contributed by atoms with E-state index >= 15 is 0 Å². The third-order valence-electron chi connectivity index (χ3n) is 7.03. The van der Waals surface area contributed by atoms with Crippen LogP contribution in [0.4, 0.5) is 13.2 Å². The third-order valence-corrected chi connectivity index (χ3v) is 7.03. The zero-order chi connectivity index (χ0) is 24.8. The van der Waals surface area contributed by atoms with Crippen molar-refractivity contribution in [3.05, 3.63) is 83.2 Å². The Hall–Kier alpha value is -2.95. The van der Waals surface area contributed by atoms with Crippen LogP contribution in [-0.2, 0) is 6.42 Å². The summed E-state index contributed by atoms with van der Waals surface area (Å²) in [7, 11) is 0. The summed E-state index contributed by atoms with van der Waals surface area (Å²) < 4.78 is 55.1. The van der Waals surface area contributed by atoms with Gasteiger partial charge in [-0.1, -0.05) is 30.3 Å². The number of rotatable bonds is 9. The molecular formula is C30H33F3O2. The fourth-order valence-corrected chi connectivity index (χ4v) is 5.12. The van der Waals surface area contributed by atoms with Gasteiger partial charge in [0, 0.05) is 11.6 Å². The molecule has 0 bridgehead atoms. The van der Waals surface area contributed by atoms with E-state index in [-0.39, 0.29) is 17.3 Å². The molecule has 0 aliphatic heterocycles. The van der Waals surface area contributed by atoms with E-state index in [0.717, 1.165) is 37.7 Å². The highest BCUT2D eigenvalue weighted by Crippen LogP contribution is 2.39. The Bertz CT molecular complexity index is 1120. The van der Waals surface area contributed by atoms with Gasteiger partial charge < -0.3 is 9.47 Å². The minimum absolute atomic E-state index is 0.199. The van der Waals surface area contributed by atoms with Crippen LogP contribution in [0.2, 0.25) is 0 Å². The molecule has 0 radical (unpaired) electrons. The molecule has 0 atom stereocenters. The van der Waals surface area contributed by atoms with Crippen molar-refractivity contribution in [2.24, 2.45) is 5.92 Å². The second-order valence-electron chi connectivity index (χ2n) is 9.23. The lowest BCUT2D eigenvalue weighted by molar-refractivity contribution is 0.304. The van der Waals surface area contributed by atoms with Crippen LogP contribution in [0.1, 0.15) is 63.0 Å². The van der Waals surface area contributed by atoms with E-state index < -0.39 is 11.6 Å². The highest BCUT2D eigenvalue weighted by atomic mass is 19.2. The van der Waals surface area contributed by atoms with Gasteiger partial charge in [0.05, 0.1) is 13.2 Å². The summed E-state index contributed by atoms with van der Waals surface area (Å²) in [6, 6.07) is 15.5. The number of halogens is 3. The Kier molecular flexibility index (Phi) is 8.37. The summed E-state index contributed by atoms with van der Waals surface area (Å²) in [5, 5.41) is 0. The smallest absolute Gasteiger partial charge is 0.166 e. The van der Waals surface area contributed by atoms with Crippen molar-refractivity contribution in [2.45, 2.75) is 58.3 Å². The molecule has 1 saturated carbocycles. The Morgan fingerprint density at radius 3 is 2.06 bits per heavy atom. The lowest BCUT2D eigenvalue weighted by atomic mass is 9.76. The normalized spacial score (nSPS) is 17.9. The van der Waals surface area contributed by atoms with E-state index in [1.165, 1.54) is 6.07 Å². The number of ether oxygens (including phenoxy) is 2. The van der Waals surface area contributed by atoms with E-state index in [9.17, 15) is 13.2 Å². The van der Waals surface area contributed by atoms with Crippen molar-refractivity contribution in [2.75, 3.05) is 13.2 Å². The van der Waals surface area contributed by atoms with Crippen LogP contribution < -0.4 is 9.47 Å². The van der Waals surface area contributed by atoms with Crippen LogP contribution in [0.25, 0.3) is 11.1 Å². The highest BCUT2D eigenvalue weighted by molar-refractivity contribution is 5.65. The molecule has 1 fully saturated rings. The van der Waals surface area contributed by atoms with Crippen LogP contribution in [0.5, 0.6) is 11.5 Å². The van der Waals surface area contributed by atoms with Crippen LogP contribution in [0, 0.1) is 23.4 Å². The molecule has 4 rings (SSSR count). The molecule has 5 heteroatoms.